The highest BCUT2D eigenvalue weighted by Gasteiger charge is 2.42. The highest BCUT2D eigenvalue weighted by molar-refractivity contribution is 5.88. The van der Waals surface area contributed by atoms with Crippen molar-refractivity contribution in [3.8, 4) is 0 Å². The maximum absolute atomic E-state index is 12.4. The lowest BCUT2D eigenvalue weighted by atomic mass is 9.96. The number of carbonyl (C=O) groups is 3. The van der Waals surface area contributed by atoms with Gasteiger partial charge < -0.3 is 15.7 Å². The van der Waals surface area contributed by atoms with Gasteiger partial charge in [-0.15, -0.1) is 0 Å². The fraction of sp³-hybridized carbons (Fsp3) is 0.500. The summed E-state index contributed by atoms with van der Waals surface area (Å²) in [5.41, 5.74) is 0.743. The van der Waals surface area contributed by atoms with E-state index in [0.29, 0.717) is 12.8 Å². The zero-order valence-corrected chi connectivity index (χ0v) is 14.1. The molecule has 1 unspecified atom stereocenters. The third-order valence-corrected chi connectivity index (χ3v) is 4.49. The first kappa shape index (κ1) is 18.0. The molecule has 2 amide bonds. The number of amides is 2. The molecule has 1 saturated carbocycles. The van der Waals surface area contributed by atoms with Gasteiger partial charge >= 0.3 is 5.97 Å². The van der Waals surface area contributed by atoms with Gasteiger partial charge in [0.1, 0.15) is 5.54 Å². The van der Waals surface area contributed by atoms with Gasteiger partial charge in [0.15, 0.2) is 0 Å². The Morgan fingerprint density at radius 1 is 1.17 bits per heavy atom. The number of benzene rings is 1. The molecule has 0 bridgehead atoms. The molecule has 0 spiro atoms. The molecular formula is C18H24N2O4. The fourth-order valence-electron chi connectivity index (χ4n) is 3.17. The molecule has 0 heterocycles. The first-order chi connectivity index (χ1) is 11.3. The second kappa shape index (κ2) is 7.47. The highest BCUT2D eigenvalue weighted by Crippen LogP contribution is 2.30. The minimum atomic E-state index is -1.16. The molecule has 1 aliphatic carbocycles. The summed E-state index contributed by atoms with van der Waals surface area (Å²) in [7, 11) is 0. The normalized spacial score (nSPS) is 17.1. The van der Waals surface area contributed by atoms with Gasteiger partial charge in [0, 0.05) is 6.92 Å². The molecule has 0 aromatic heterocycles. The Balaban J connectivity index is 2.10. The molecule has 0 aliphatic heterocycles. The summed E-state index contributed by atoms with van der Waals surface area (Å²) < 4.78 is 0. The van der Waals surface area contributed by atoms with Gasteiger partial charge in [-0.2, -0.15) is 0 Å². The van der Waals surface area contributed by atoms with Crippen LogP contribution in [-0.2, 0) is 14.4 Å². The van der Waals surface area contributed by atoms with Gasteiger partial charge in [-0.1, -0.05) is 42.7 Å². The highest BCUT2D eigenvalue weighted by atomic mass is 16.4. The van der Waals surface area contributed by atoms with Gasteiger partial charge in [-0.25, -0.2) is 4.79 Å². The van der Waals surface area contributed by atoms with E-state index in [1.165, 1.54) is 6.92 Å². The average molecular weight is 332 g/mol. The minimum Gasteiger partial charge on any atom is -0.480 e. The number of rotatable bonds is 6. The predicted octanol–water partition coefficient (Wildman–Crippen LogP) is 2.08. The van der Waals surface area contributed by atoms with Crippen molar-refractivity contribution in [1.29, 1.82) is 0 Å². The zero-order chi connectivity index (χ0) is 17.7. The zero-order valence-electron chi connectivity index (χ0n) is 14.1. The molecule has 0 radical (unpaired) electrons. The summed E-state index contributed by atoms with van der Waals surface area (Å²) >= 11 is 0. The SMILES string of the molecule is CC(=O)NC(CC(=O)NC1(C(=O)O)CCCC1)c1ccc(C)cc1. The van der Waals surface area contributed by atoms with E-state index >= 15 is 0 Å². The molecule has 1 aliphatic rings. The van der Waals surface area contributed by atoms with Crippen LogP contribution in [0.25, 0.3) is 0 Å². The van der Waals surface area contributed by atoms with Crippen molar-refractivity contribution in [3.63, 3.8) is 0 Å². The van der Waals surface area contributed by atoms with Crippen LogP contribution >= 0.6 is 0 Å². The predicted molar refractivity (Wildman–Crippen MR) is 89.3 cm³/mol. The maximum atomic E-state index is 12.4. The topological polar surface area (TPSA) is 95.5 Å². The van der Waals surface area contributed by atoms with Gasteiger partial charge in [-0.05, 0) is 25.3 Å². The van der Waals surface area contributed by atoms with Crippen LogP contribution in [0.2, 0.25) is 0 Å². The van der Waals surface area contributed by atoms with E-state index in [2.05, 4.69) is 10.6 Å². The van der Waals surface area contributed by atoms with E-state index in [1.807, 2.05) is 31.2 Å². The van der Waals surface area contributed by atoms with Crippen LogP contribution in [0.3, 0.4) is 0 Å². The largest absolute Gasteiger partial charge is 0.480 e. The molecule has 3 N–H and O–H groups in total. The quantitative estimate of drug-likeness (QED) is 0.743. The van der Waals surface area contributed by atoms with Crippen molar-refractivity contribution < 1.29 is 19.5 Å². The lowest BCUT2D eigenvalue weighted by Gasteiger charge is -2.27. The summed E-state index contributed by atoms with van der Waals surface area (Å²) in [6.07, 6.45) is 2.49. The van der Waals surface area contributed by atoms with Crippen LogP contribution in [0.1, 0.15) is 56.2 Å². The number of carboxylic acid groups (broad SMARTS) is 1. The van der Waals surface area contributed by atoms with Crippen LogP contribution in [-0.4, -0.2) is 28.4 Å². The third-order valence-electron chi connectivity index (χ3n) is 4.49. The Bertz CT molecular complexity index is 618. The second-order valence-corrected chi connectivity index (χ2v) is 6.51. The molecule has 1 aromatic carbocycles. The Hall–Kier alpha value is -2.37. The lowest BCUT2D eigenvalue weighted by Crippen LogP contribution is -2.53. The minimum absolute atomic E-state index is 0.0116. The summed E-state index contributed by atoms with van der Waals surface area (Å²) in [4.78, 5) is 35.4. The molecule has 1 atom stereocenters. The first-order valence-corrected chi connectivity index (χ1v) is 8.20. The van der Waals surface area contributed by atoms with E-state index in [-0.39, 0.29) is 18.2 Å². The van der Waals surface area contributed by atoms with Crippen LogP contribution < -0.4 is 10.6 Å². The molecule has 24 heavy (non-hydrogen) atoms. The standard InChI is InChI=1S/C18H24N2O4/c1-12-5-7-14(8-6-12)15(19-13(2)21)11-16(22)20-18(17(23)24)9-3-4-10-18/h5-8,15H,3-4,9-11H2,1-2H3,(H,19,21)(H,20,22)(H,23,24). The van der Waals surface area contributed by atoms with E-state index < -0.39 is 17.6 Å². The number of aryl methyl sites for hydroxylation is 1. The molecule has 6 nitrogen and oxygen atoms in total. The number of hydrogen-bond donors (Lipinski definition) is 3. The smallest absolute Gasteiger partial charge is 0.329 e. The summed E-state index contributed by atoms with van der Waals surface area (Å²) in [5, 5.41) is 14.9. The van der Waals surface area contributed by atoms with E-state index in [0.717, 1.165) is 24.0 Å². The Morgan fingerprint density at radius 3 is 2.25 bits per heavy atom. The van der Waals surface area contributed by atoms with Crippen LogP contribution in [0.15, 0.2) is 24.3 Å². The summed E-state index contributed by atoms with van der Waals surface area (Å²) in [5.74, 6) is -1.58. The van der Waals surface area contributed by atoms with Crippen molar-refractivity contribution >= 4 is 17.8 Å². The summed E-state index contributed by atoms with van der Waals surface area (Å²) in [6.45, 7) is 3.36. The molecule has 1 aromatic rings. The molecule has 6 heteroatoms. The Labute approximate surface area is 141 Å². The monoisotopic (exact) mass is 332 g/mol. The Kier molecular flexibility index (Phi) is 5.59. The molecular weight excluding hydrogens is 308 g/mol. The van der Waals surface area contributed by atoms with Crippen molar-refractivity contribution in [1.82, 2.24) is 10.6 Å². The first-order valence-electron chi connectivity index (χ1n) is 8.20. The second-order valence-electron chi connectivity index (χ2n) is 6.51. The van der Waals surface area contributed by atoms with Crippen molar-refractivity contribution in [3.05, 3.63) is 35.4 Å². The number of hydrogen-bond acceptors (Lipinski definition) is 3. The van der Waals surface area contributed by atoms with Gasteiger partial charge in [-0.3, -0.25) is 9.59 Å². The summed E-state index contributed by atoms with van der Waals surface area (Å²) in [6, 6.07) is 7.09. The maximum Gasteiger partial charge on any atom is 0.329 e. The number of nitrogens with one attached hydrogen (secondary N) is 2. The Morgan fingerprint density at radius 2 is 1.75 bits per heavy atom. The lowest BCUT2D eigenvalue weighted by molar-refractivity contribution is -0.147. The molecule has 2 rings (SSSR count). The number of carbonyl (C=O) groups excluding carboxylic acids is 2. The fourth-order valence-corrected chi connectivity index (χ4v) is 3.17. The number of aliphatic carboxylic acids is 1. The third kappa shape index (κ3) is 4.34. The van der Waals surface area contributed by atoms with Gasteiger partial charge in [0.25, 0.3) is 0 Å². The molecule has 0 saturated heterocycles. The van der Waals surface area contributed by atoms with Gasteiger partial charge in [0.2, 0.25) is 11.8 Å². The molecule has 1 fully saturated rings. The molecule has 130 valence electrons. The van der Waals surface area contributed by atoms with Crippen LogP contribution in [0, 0.1) is 6.92 Å². The van der Waals surface area contributed by atoms with Crippen molar-refractivity contribution in [2.24, 2.45) is 0 Å². The van der Waals surface area contributed by atoms with Crippen molar-refractivity contribution in [2.75, 3.05) is 0 Å². The van der Waals surface area contributed by atoms with Crippen LogP contribution in [0.5, 0.6) is 0 Å². The number of carboxylic acids is 1. The van der Waals surface area contributed by atoms with E-state index in [1.54, 1.807) is 0 Å². The average Bonchev–Trinajstić information content (AvgIpc) is 2.96. The van der Waals surface area contributed by atoms with Crippen molar-refractivity contribution in [2.45, 2.75) is 57.5 Å². The van der Waals surface area contributed by atoms with Crippen LogP contribution in [0.4, 0.5) is 0 Å². The van der Waals surface area contributed by atoms with E-state index in [4.69, 9.17) is 0 Å². The van der Waals surface area contributed by atoms with Gasteiger partial charge in [0.05, 0.1) is 12.5 Å². The van der Waals surface area contributed by atoms with E-state index in [9.17, 15) is 19.5 Å².